The highest BCUT2D eigenvalue weighted by Gasteiger charge is 2.39. The lowest BCUT2D eigenvalue weighted by molar-refractivity contribution is 0.0903. The Morgan fingerprint density at radius 2 is 1.68 bits per heavy atom. The van der Waals surface area contributed by atoms with Gasteiger partial charge in [0.25, 0.3) is 0 Å². The van der Waals surface area contributed by atoms with Gasteiger partial charge >= 0.3 is 12.1 Å². The molecule has 3 aliphatic heterocycles. The van der Waals surface area contributed by atoms with Crippen LogP contribution in [0.5, 0.6) is 0 Å². The summed E-state index contributed by atoms with van der Waals surface area (Å²) in [5.41, 5.74) is 1.23. The van der Waals surface area contributed by atoms with Gasteiger partial charge < -0.3 is 10.0 Å². The van der Waals surface area contributed by atoms with Gasteiger partial charge in [-0.15, -0.1) is 0 Å². The molecule has 1 aromatic rings. The van der Waals surface area contributed by atoms with E-state index >= 15 is 0 Å². The van der Waals surface area contributed by atoms with E-state index in [1.165, 1.54) is 24.8 Å². The lowest BCUT2D eigenvalue weighted by Crippen LogP contribution is -2.54. The average molecular weight is 386 g/mol. The van der Waals surface area contributed by atoms with Gasteiger partial charge in [-0.25, -0.2) is 14.5 Å². The molecule has 3 aliphatic rings. The van der Waals surface area contributed by atoms with Crippen LogP contribution in [0.4, 0.5) is 9.59 Å². The van der Waals surface area contributed by atoms with E-state index in [9.17, 15) is 14.7 Å². The maximum absolute atomic E-state index is 13.2. The second-order valence-electron chi connectivity index (χ2n) is 8.51. The molecule has 3 atom stereocenters. The molecule has 0 bridgehead atoms. The van der Waals surface area contributed by atoms with Gasteiger partial charge in [0.05, 0.1) is 6.04 Å². The molecule has 1 N–H and O–H groups in total. The van der Waals surface area contributed by atoms with Crippen LogP contribution in [0, 0.1) is 0 Å². The number of hydrogen-bond donors (Lipinski definition) is 1. The van der Waals surface area contributed by atoms with Crippen LogP contribution in [0.15, 0.2) is 30.3 Å². The molecule has 3 heterocycles. The minimum Gasteiger partial charge on any atom is -0.465 e. The molecule has 4 rings (SSSR count). The molecule has 3 fully saturated rings. The summed E-state index contributed by atoms with van der Waals surface area (Å²) < 4.78 is 0. The summed E-state index contributed by atoms with van der Waals surface area (Å²) >= 11 is 0. The molecule has 0 saturated carbocycles. The highest BCUT2D eigenvalue weighted by Crippen LogP contribution is 2.30. The van der Waals surface area contributed by atoms with Crippen LogP contribution in [0.2, 0.25) is 0 Å². The predicted molar refractivity (Wildman–Crippen MR) is 107 cm³/mol. The Hall–Kier alpha value is -2.08. The predicted octanol–water partition coefficient (Wildman–Crippen LogP) is 3.98. The van der Waals surface area contributed by atoms with Gasteiger partial charge in [-0.05, 0) is 44.2 Å². The van der Waals surface area contributed by atoms with Crippen molar-refractivity contribution in [3.05, 3.63) is 35.9 Å². The summed E-state index contributed by atoms with van der Waals surface area (Å²) in [7, 11) is 0. The van der Waals surface area contributed by atoms with Gasteiger partial charge in [0.15, 0.2) is 0 Å². The summed E-state index contributed by atoms with van der Waals surface area (Å²) in [5, 5.41) is 9.90. The first kappa shape index (κ1) is 19.2. The fraction of sp³-hybridized carbons (Fsp3) is 0.636. The number of carboxylic acid groups (broad SMARTS) is 1. The van der Waals surface area contributed by atoms with Crippen molar-refractivity contribution in [1.29, 1.82) is 0 Å². The number of benzene rings is 1. The molecule has 6 heteroatoms. The van der Waals surface area contributed by atoms with E-state index in [0.29, 0.717) is 31.6 Å². The number of likely N-dealkylation sites (tertiary alicyclic amines) is 1. The topological polar surface area (TPSA) is 64.1 Å². The molecule has 0 aromatic heterocycles. The van der Waals surface area contributed by atoms with Crippen molar-refractivity contribution in [2.45, 2.75) is 62.9 Å². The van der Waals surface area contributed by atoms with Crippen molar-refractivity contribution in [1.82, 2.24) is 14.7 Å². The standard InChI is InChI=1S/C22H31N3O3/c26-21(24-14-12-18(15-24)17-7-2-1-3-8-17)25(22(27)28)20-10-5-4-9-19-11-6-13-23(19)16-20/h1-3,7-8,18-20H,4-6,9-16H2,(H,27,28)/t18-,19?,20?/m1/s1. The van der Waals surface area contributed by atoms with E-state index in [4.69, 9.17) is 0 Å². The van der Waals surface area contributed by atoms with E-state index in [-0.39, 0.29) is 12.1 Å². The fourth-order valence-electron chi connectivity index (χ4n) is 5.27. The largest absolute Gasteiger partial charge is 0.465 e. The molecule has 152 valence electrons. The van der Waals surface area contributed by atoms with Gasteiger partial charge in [0.2, 0.25) is 0 Å². The van der Waals surface area contributed by atoms with E-state index in [2.05, 4.69) is 17.0 Å². The number of urea groups is 1. The number of hydrogen-bond acceptors (Lipinski definition) is 3. The average Bonchev–Trinajstić information content (AvgIpc) is 3.33. The monoisotopic (exact) mass is 385 g/mol. The Kier molecular flexibility index (Phi) is 5.85. The van der Waals surface area contributed by atoms with E-state index in [1.807, 2.05) is 18.2 Å². The second kappa shape index (κ2) is 8.52. The maximum atomic E-state index is 13.2. The third-order valence-corrected chi connectivity index (χ3v) is 6.78. The van der Waals surface area contributed by atoms with Crippen molar-refractivity contribution in [2.75, 3.05) is 26.2 Å². The summed E-state index contributed by atoms with van der Waals surface area (Å²) in [6, 6.07) is 10.2. The van der Waals surface area contributed by atoms with Gasteiger partial charge in [-0.3, -0.25) is 4.90 Å². The van der Waals surface area contributed by atoms with Crippen LogP contribution in [-0.2, 0) is 0 Å². The zero-order chi connectivity index (χ0) is 19.5. The molecule has 28 heavy (non-hydrogen) atoms. The van der Waals surface area contributed by atoms with Crippen LogP contribution in [0.1, 0.15) is 56.4 Å². The first-order valence-corrected chi connectivity index (χ1v) is 10.7. The minimum atomic E-state index is -1.10. The van der Waals surface area contributed by atoms with Crippen LogP contribution in [0.25, 0.3) is 0 Å². The van der Waals surface area contributed by atoms with Crippen molar-refractivity contribution in [3.63, 3.8) is 0 Å². The Bertz CT molecular complexity index is 696. The molecule has 0 aliphatic carbocycles. The van der Waals surface area contributed by atoms with Crippen LogP contribution in [-0.4, -0.2) is 70.2 Å². The lowest BCUT2D eigenvalue weighted by atomic mass is 9.98. The van der Waals surface area contributed by atoms with E-state index < -0.39 is 6.09 Å². The molecular formula is C22H31N3O3. The first-order chi connectivity index (χ1) is 13.6. The molecule has 0 spiro atoms. The Labute approximate surface area is 167 Å². The lowest BCUT2D eigenvalue weighted by Gasteiger charge is -2.37. The Morgan fingerprint density at radius 1 is 0.929 bits per heavy atom. The third-order valence-electron chi connectivity index (χ3n) is 6.78. The Balaban J connectivity index is 1.46. The van der Waals surface area contributed by atoms with E-state index in [1.54, 1.807) is 4.90 Å². The number of carbonyl (C=O) groups is 2. The molecule has 3 amide bonds. The summed E-state index contributed by atoms with van der Waals surface area (Å²) in [6.45, 7) is 2.95. The fourth-order valence-corrected chi connectivity index (χ4v) is 5.27. The number of carbonyl (C=O) groups excluding carboxylic acids is 1. The quantitative estimate of drug-likeness (QED) is 0.836. The summed E-state index contributed by atoms with van der Waals surface area (Å²) in [6.07, 6.45) is 6.28. The van der Waals surface area contributed by atoms with Gasteiger partial charge in [0.1, 0.15) is 0 Å². The summed E-state index contributed by atoms with van der Waals surface area (Å²) in [5.74, 6) is 0.293. The van der Waals surface area contributed by atoms with Crippen LogP contribution >= 0.6 is 0 Å². The molecule has 3 saturated heterocycles. The van der Waals surface area contributed by atoms with Crippen LogP contribution in [0.3, 0.4) is 0 Å². The number of nitrogens with zero attached hydrogens (tertiary/aromatic N) is 3. The van der Waals surface area contributed by atoms with Crippen molar-refractivity contribution in [2.24, 2.45) is 0 Å². The number of fused-ring (bicyclic) bond motifs is 1. The maximum Gasteiger partial charge on any atom is 0.415 e. The molecular weight excluding hydrogens is 354 g/mol. The minimum absolute atomic E-state index is 0.235. The smallest absolute Gasteiger partial charge is 0.415 e. The normalized spacial score (nSPS) is 28.4. The highest BCUT2D eigenvalue weighted by molar-refractivity contribution is 5.90. The van der Waals surface area contributed by atoms with Gasteiger partial charge in [-0.2, -0.15) is 0 Å². The number of rotatable bonds is 2. The van der Waals surface area contributed by atoms with Gasteiger partial charge in [0, 0.05) is 31.6 Å². The third kappa shape index (κ3) is 4.02. The molecule has 6 nitrogen and oxygen atoms in total. The Morgan fingerprint density at radius 3 is 2.46 bits per heavy atom. The molecule has 0 radical (unpaired) electrons. The number of imide groups is 1. The number of amides is 3. The second-order valence-corrected chi connectivity index (χ2v) is 8.51. The zero-order valence-corrected chi connectivity index (χ0v) is 16.5. The molecule has 2 unspecified atom stereocenters. The molecule has 1 aromatic carbocycles. The zero-order valence-electron chi connectivity index (χ0n) is 16.5. The highest BCUT2D eigenvalue weighted by atomic mass is 16.4. The van der Waals surface area contributed by atoms with Crippen molar-refractivity contribution < 1.29 is 14.7 Å². The van der Waals surface area contributed by atoms with Crippen LogP contribution < -0.4 is 0 Å². The van der Waals surface area contributed by atoms with Crippen molar-refractivity contribution >= 4 is 12.1 Å². The van der Waals surface area contributed by atoms with Crippen molar-refractivity contribution in [3.8, 4) is 0 Å². The SMILES string of the molecule is O=C(O)N(C(=O)N1CC[C@@H](c2ccccc2)C1)C1CCCCC2CCCN2C1. The summed E-state index contributed by atoms with van der Waals surface area (Å²) in [4.78, 5) is 30.6. The van der Waals surface area contributed by atoms with Gasteiger partial charge in [-0.1, -0.05) is 43.2 Å². The van der Waals surface area contributed by atoms with E-state index in [0.717, 1.165) is 37.1 Å². The first-order valence-electron chi connectivity index (χ1n) is 10.7.